The van der Waals surface area contributed by atoms with Gasteiger partial charge in [0.2, 0.25) is 0 Å². The second-order valence-corrected chi connectivity index (χ2v) is 7.33. The number of ether oxygens (including phenoxy) is 1. The van der Waals surface area contributed by atoms with E-state index in [9.17, 15) is 13.2 Å². The van der Waals surface area contributed by atoms with E-state index in [1.165, 1.54) is 6.08 Å². The van der Waals surface area contributed by atoms with Gasteiger partial charge in [-0.25, -0.2) is 13.2 Å². The third-order valence-corrected chi connectivity index (χ3v) is 4.78. The average Bonchev–Trinajstić information content (AvgIpc) is 2.48. The fourth-order valence-electron chi connectivity index (χ4n) is 2.04. The molecule has 0 unspecified atom stereocenters. The minimum atomic E-state index is -3.54. The Morgan fingerprint density at radius 3 is 2.73 bits per heavy atom. The van der Waals surface area contributed by atoms with Gasteiger partial charge in [-0.2, -0.15) is 0 Å². The molecule has 2 aliphatic heterocycles. The van der Waals surface area contributed by atoms with Crippen molar-refractivity contribution in [3.8, 4) is 5.75 Å². The summed E-state index contributed by atoms with van der Waals surface area (Å²) in [4.78, 5) is 13.9. The summed E-state index contributed by atoms with van der Waals surface area (Å²) in [7, 11) is -3.54. The number of fused-ring (bicyclic) bond motifs is 1. The zero-order chi connectivity index (χ0) is 15.7. The summed E-state index contributed by atoms with van der Waals surface area (Å²) in [5, 5.41) is 0. The van der Waals surface area contributed by atoms with Crippen molar-refractivity contribution >= 4 is 37.8 Å². The standard InChI is InChI=1S/C14H11BrN2O4S/c15-10-3-5-11(6-4-10)21-14(18)12-2-1-7-17-8-9-22(19,20)16-13(12)17/h1-7H,8-9H2. The van der Waals surface area contributed by atoms with Crippen molar-refractivity contribution in [3.63, 3.8) is 0 Å². The Hall–Kier alpha value is -1.93. The Bertz CT molecular complexity index is 810. The summed E-state index contributed by atoms with van der Waals surface area (Å²) >= 11 is 3.29. The minimum absolute atomic E-state index is 0.0735. The summed E-state index contributed by atoms with van der Waals surface area (Å²) < 4.78 is 33.1. The molecular formula is C14H11BrN2O4S. The van der Waals surface area contributed by atoms with Crippen molar-refractivity contribution in [2.75, 3.05) is 12.3 Å². The largest absolute Gasteiger partial charge is 0.423 e. The molecule has 1 aromatic rings. The lowest BCUT2D eigenvalue weighted by molar-refractivity contribution is -0.129. The number of esters is 1. The lowest BCUT2D eigenvalue weighted by atomic mass is 10.1. The predicted molar refractivity (Wildman–Crippen MR) is 84.9 cm³/mol. The zero-order valence-electron chi connectivity index (χ0n) is 11.3. The molecule has 6 nitrogen and oxygen atoms in total. The van der Waals surface area contributed by atoms with Crippen LogP contribution in [0.1, 0.15) is 0 Å². The first-order valence-corrected chi connectivity index (χ1v) is 8.81. The summed E-state index contributed by atoms with van der Waals surface area (Å²) in [6, 6.07) is 6.76. The molecule has 0 N–H and O–H groups in total. The number of carbonyl (C=O) groups is 1. The highest BCUT2D eigenvalue weighted by molar-refractivity contribution is 9.10. The predicted octanol–water partition coefficient (Wildman–Crippen LogP) is 1.85. The third kappa shape index (κ3) is 3.12. The van der Waals surface area contributed by atoms with Crippen LogP contribution in [0, 0.1) is 0 Å². The Labute approximate surface area is 136 Å². The molecule has 2 aliphatic rings. The molecule has 2 heterocycles. The smallest absolute Gasteiger partial charge is 0.347 e. The molecule has 0 fully saturated rings. The number of carbonyl (C=O) groups excluding carboxylic acids is 1. The van der Waals surface area contributed by atoms with Crippen molar-refractivity contribution in [2.24, 2.45) is 4.40 Å². The maximum atomic E-state index is 12.3. The fourth-order valence-corrected chi connectivity index (χ4v) is 3.29. The van der Waals surface area contributed by atoms with Gasteiger partial charge in [0.25, 0.3) is 10.0 Å². The van der Waals surface area contributed by atoms with Crippen molar-refractivity contribution in [1.29, 1.82) is 0 Å². The van der Waals surface area contributed by atoms with Crippen LogP contribution in [-0.2, 0) is 14.8 Å². The molecule has 0 spiro atoms. The van der Waals surface area contributed by atoms with Gasteiger partial charge in [-0.1, -0.05) is 15.9 Å². The van der Waals surface area contributed by atoms with Crippen LogP contribution in [0.15, 0.2) is 57.1 Å². The first-order valence-electron chi connectivity index (χ1n) is 6.40. The van der Waals surface area contributed by atoms with Crippen LogP contribution in [0.25, 0.3) is 0 Å². The minimum Gasteiger partial charge on any atom is -0.423 e. The Morgan fingerprint density at radius 2 is 2.00 bits per heavy atom. The van der Waals surface area contributed by atoms with Crippen LogP contribution in [0.3, 0.4) is 0 Å². The van der Waals surface area contributed by atoms with E-state index in [0.717, 1.165) is 4.47 Å². The molecule has 0 aliphatic carbocycles. The molecule has 1 aromatic carbocycles. The molecule has 114 valence electrons. The maximum absolute atomic E-state index is 12.3. The number of halogens is 1. The van der Waals surface area contributed by atoms with Gasteiger partial charge in [-0.05, 0) is 36.4 Å². The number of hydrogen-bond acceptors (Lipinski definition) is 5. The molecule has 0 saturated heterocycles. The normalized spacial score (nSPS) is 19.0. The Kier molecular flexibility index (Phi) is 3.88. The number of benzene rings is 1. The van der Waals surface area contributed by atoms with Gasteiger partial charge in [0.15, 0.2) is 5.84 Å². The topological polar surface area (TPSA) is 76.0 Å². The fraction of sp³-hybridized carbons (Fsp3) is 0.143. The van der Waals surface area contributed by atoms with Crippen LogP contribution in [-0.4, -0.2) is 37.4 Å². The van der Waals surface area contributed by atoms with Crippen LogP contribution in [0.4, 0.5) is 0 Å². The number of allylic oxidation sites excluding steroid dienone is 2. The van der Waals surface area contributed by atoms with E-state index in [1.807, 2.05) is 0 Å². The quantitative estimate of drug-likeness (QED) is 0.576. The number of sulfonamides is 1. The van der Waals surface area contributed by atoms with E-state index in [4.69, 9.17) is 4.74 Å². The Balaban J connectivity index is 1.88. The molecule has 3 rings (SSSR count). The highest BCUT2D eigenvalue weighted by atomic mass is 79.9. The van der Waals surface area contributed by atoms with Gasteiger partial charge in [-0.3, -0.25) is 0 Å². The lowest BCUT2D eigenvalue weighted by Crippen LogP contribution is -2.40. The van der Waals surface area contributed by atoms with Crippen LogP contribution >= 0.6 is 15.9 Å². The molecule has 0 saturated carbocycles. The third-order valence-electron chi connectivity index (χ3n) is 3.10. The van der Waals surface area contributed by atoms with Gasteiger partial charge in [0, 0.05) is 17.2 Å². The zero-order valence-corrected chi connectivity index (χ0v) is 13.7. The average molecular weight is 383 g/mol. The second kappa shape index (κ2) is 5.69. The van der Waals surface area contributed by atoms with Crippen molar-refractivity contribution < 1.29 is 17.9 Å². The van der Waals surface area contributed by atoms with Gasteiger partial charge in [-0.15, -0.1) is 4.40 Å². The SMILES string of the molecule is O=C(Oc1ccc(Br)cc1)C1=CC=CN2CCS(=O)(=O)N=C12. The van der Waals surface area contributed by atoms with Crippen molar-refractivity contribution in [3.05, 3.63) is 52.7 Å². The summed E-state index contributed by atoms with van der Waals surface area (Å²) in [6.07, 6.45) is 4.84. The number of hydrogen-bond donors (Lipinski definition) is 0. The van der Waals surface area contributed by atoms with Crippen LogP contribution in [0.2, 0.25) is 0 Å². The summed E-state index contributed by atoms with van der Waals surface area (Å²) in [5.74, 6) is -0.242. The van der Waals surface area contributed by atoms with Crippen LogP contribution < -0.4 is 4.74 Å². The van der Waals surface area contributed by atoms with Crippen molar-refractivity contribution in [1.82, 2.24) is 4.90 Å². The van der Waals surface area contributed by atoms with E-state index in [-0.39, 0.29) is 23.7 Å². The maximum Gasteiger partial charge on any atom is 0.347 e. The number of amidine groups is 1. The lowest BCUT2D eigenvalue weighted by Gasteiger charge is -2.28. The van der Waals surface area contributed by atoms with Gasteiger partial charge >= 0.3 is 5.97 Å². The van der Waals surface area contributed by atoms with Gasteiger partial charge in [0.1, 0.15) is 11.3 Å². The van der Waals surface area contributed by atoms with E-state index in [2.05, 4.69) is 20.3 Å². The van der Waals surface area contributed by atoms with Crippen LogP contribution in [0.5, 0.6) is 5.75 Å². The molecule has 0 atom stereocenters. The Morgan fingerprint density at radius 1 is 1.27 bits per heavy atom. The van der Waals surface area contributed by atoms with E-state index >= 15 is 0 Å². The van der Waals surface area contributed by atoms with E-state index in [1.54, 1.807) is 41.4 Å². The molecule has 8 heteroatoms. The first-order chi connectivity index (χ1) is 10.4. The first kappa shape index (κ1) is 15.0. The highest BCUT2D eigenvalue weighted by Crippen LogP contribution is 2.21. The molecule has 0 aromatic heterocycles. The molecule has 0 bridgehead atoms. The molecular weight excluding hydrogens is 372 g/mol. The van der Waals surface area contributed by atoms with Gasteiger partial charge < -0.3 is 9.64 Å². The second-order valence-electron chi connectivity index (χ2n) is 4.66. The number of nitrogens with zero attached hydrogens (tertiary/aromatic N) is 2. The molecule has 0 radical (unpaired) electrons. The molecule has 0 amide bonds. The summed E-state index contributed by atoms with van der Waals surface area (Å²) in [5.41, 5.74) is 0.119. The van der Waals surface area contributed by atoms with E-state index in [0.29, 0.717) is 5.75 Å². The molecule has 22 heavy (non-hydrogen) atoms. The van der Waals surface area contributed by atoms with Gasteiger partial charge in [0.05, 0.1) is 5.75 Å². The van der Waals surface area contributed by atoms with Crippen molar-refractivity contribution in [2.45, 2.75) is 0 Å². The highest BCUT2D eigenvalue weighted by Gasteiger charge is 2.30. The summed E-state index contributed by atoms with van der Waals surface area (Å²) in [6.45, 7) is 0.264. The monoisotopic (exact) mass is 382 g/mol. The number of rotatable bonds is 2. The van der Waals surface area contributed by atoms with E-state index < -0.39 is 16.0 Å².